The van der Waals surface area contributed by atoms with Gasteiger partial charge in [-0.2, -0.15) is 13.2 Å². The lowest BCUT2D eigenvalue weighted by Crippen LogP contribution is -2.45. The zero-order valence-electron chi connectivity index (χ0n) is 14.2. The van der Waals surface area contributed by atoms with E-state index in [1.807, 2.05) is 0 Å². The van der Waals surface area contributed by atoms with E-state index >= 15 is 0 Å². The number of amides is 3. The van der Waals surface area contributed by atoms with E-state index in [1.54, 1.807) is 5.32 Å². The number of carbonyl (C=O) groups is 3. The van der Waals surface area contributed by atoms with Gasteiger partial charge in [0, 0.05) is 0 Å². The van der Waals surface area contributed by atoms with E-state index in [-0.39, 0.29) is 0 Å². The number of halogens is 4. The Morgan fingerprint density at radius 1 is 1.07 bits per heavy atom. The standard InChI is InChI=1S/C17H18F4N2O4/c18-12-5-3-11(4-6-12)16(7-1-2-8-16)14(25)27-9-13(24)23-15(26)22-10-17(19,20)21/h3-6H,1-2,7-10H2,(H2,22,23,24,26). The van der Waals surface area contributed by atoms with Crippen molar-refractivity contribution in [3.8, 4) is 0 Å². The first-order valence-corrected chi connectivity index (χ1v) is 8.20. The normalized spacial score (nSPS) is 15.9. The number of imide groups is 1. The quantitative estimate of drug-likeness (QED) is 0.598. The maximum Gasteiger partial charge on any atom is 0.405 e. The van der Waals surface area contributed by atoms with Crippen LogP contribution in [0.4, 0.5) is 22.4 Å². The molecule has 148 valence electrons. The van der Waals surface area contributed by atoms with E-state index < -0.39 is 48.5 Å². The summed E-state index contributed by atoms with van der Waals surface area (Å²) in [4.78, 5) is 35.4. The number of rotatable bonds is 5. The zero-order valence-corrected chi connectivity index (χ0v) is 14.2. The second-order valence-corrected chi connectivity index (χ2v) is 6.22. The summed E-state index contributed by atoms with van der Waals surface area (Å²) in [7, 11) is 0. The number of hydrogen-bond acceptors (Lipinski definition) is 4. The monoisotopic (exact) mass is 390 g/mol. The molecule has 1 saturated carbocycles. The van der Waals surface area contributed by atoms with Crippen LogP contribution in [-0.4, -0.2) is 37.2 Å². The molecule has 3 amide bonds. The molecule has 0 aliphatic heterocycles. The lowest BCUT2D eigenvalue weighted by molar-refractivity contribution is -0.154. The fourth-order valence-electron chi connectivity index (χ4n) is 3.01. The van der Waals surface area contributed by atoms with Gasteiger partial charge in [0.05, 0.1) is 5.41 Å². The number of hydrogen-bond donors (Lipinski definition) is 2. The number of nitrogens with one attached hydrogen (secondary N) is 2. The summed E-state index contributed by atoms with van der Waals surface area (Å²) in [6.07, 6.45) is -2.19. The van der Waals surface area contributed by atoms with E-state index in [9.17, 15) is 31.9 Å². The molecule has 6 nitrogen and oxygen atoms in total. The number of ether oxygens (including phenoxy) is 1. The Kier molecular flexibility index (Phi) is 6.40. The van der Waals surface area contributed by atoms with E-state index in [0.29, 0.717) is 18.4 Å². The van der Waals surface area contributed by atoms with Crippen LogP contribution in [0.1, 0.15) is 31.2 Å². The average Bonchev–Trinajstić information content (AvgIpc) is 3.09. The Morgan fingerprint density at radius 2 is 1.67 bits per heavy atom. The third-order valence-electron chi connectivity index (χ3n) is 4.28. The average molecular weight is 390 g/mol. The number of esters is 1. The molecular weight excluding hydrogens is 372 g/mol. The molecule has 0 atom stereocenters. The van der Waals surface area contributed by atoms with Crippen LogP contribution in [0.25, 0.3) is 0 Å². The molecule has 0 radical (unpaired) electrons. The van der Waals surface area contributed by atoms with Gasteiger partial charge in [0.2, 0.25) is 0 Å². The fraction of sp³-hybridized carbons (Fsp3) is 0.471. The molecule has 0 heterocycles. The molecule has 2 N–H and O–H groups in total. The molecule has 0 aromatic heterocycles. The molecule has 0 spiro atoms. The summed E-state index contributed by atoms with van der Waals surface area (Å²) in [5, 5.41) is 3.11. The summed E-state index contributed by atoms with van der Waals surface area (Å²) < 4.78 is 54.1. The highest BCUT2D eigenvalue weighted by Crippen LogP contribution is 2.42. The van der Waals surface area contributed by atoms with Gasteiger partial charge in [-0.3, -0.25) is 14.9 Å². The van der Waals surface area contributed by atoms with Crippen molar-refractivity contribution in [2.45, 2.75) is 37.3 Å². The van der Waals surface area contributed by atoms with Gasteiger partial charge in [0.25, 0.3) is 5.91 Å². The van der Waals surface area contributed by atoms with E-state index in [2.05, 4.69) is 0 Å². The van der Waals surface area contributed by atoms with Crippen LogP contribution < -0.4 is 10.6 Å². The van der Waals surface area contributed by atoms with Crippen LogP contribution in [0, 0.1) is 5.82 Å². The SMILES string of the molecule is O=C(COC(=O)C1(c2ccc(F)cc2)CCCC1)NC(=O)NCC(F)(F)F. The number of carbonyl (C=O) groups excluding carboxylic acids is 3. The molecule has 1 aliphatic rings. The minimum atomic E-state index is -4.61. The minimum absolute atomic E-state index is 0.454. The second-order valence-electron chi connectivity index (χ2n) is 6.22. The lowest BCUT2D eigenvalue weighted by Gasteiger charge is -2.27. The maximum absolute atomic E-state index is 13.1. The second kappa shape index (κ2) is 8.36. The molecular formula is C17H18F4N2O4. The Labute approximate surface area is 152 Å². The van der Waals surface area contributed by atoms with Crippen LogP contribution in [0.5, 0.6) is 0 Å². The van der Waals surface area contributed by atoms with Crippen LogP contribution in [0.3, 0.4) is 0 Å². The summed E-state index contributed by atoms with van der Waals surface area (Å²) in [6.45, 7) is -2.42. The molecule has 27 heavy (non-hydrogen) atoms. The van der Waals surface area contributed by atoms with Gasteiger partial charge in [0.1, 0.15) is 12.4 Å². The highest BCUT2D eigenvalue weighted by Gasteiger charge is 2.44. The Hall–Kier alpha value is -2.65. The highest BCUT2D eigenvalue weighted by molar-refractivity contribution is 5.96. The topological polar surface area (TPSA) is 84.5 Å². The van der Waals surface area contributed by atoms with Gasteiger partial charge in [-0.1, -0.05) is 25.0 Å². The molecule has 1 fully saturated rings. The minimum Gasteiger partial charge on any atom is -0.455 e. The van der Waals surface area contributed by atoms with Crippen molar-refractivity contribution >= 4 is 17.9 Å². The first-order valence-electron chi connectivity index (χ1n) is 8.20. The third kappa shape index (κ3) is 5.66. The van der Waals surface area contributed by atoms with Gasteiger partial charge in [-0.15, -0.1) is 0 Å². The van der Waals surface area contributed by atoms with Gasteiger partial charge in [-0.25, -0.2) is 9.18 Å². The Balaban J connectivity index is 1.92. The van der Waals surface area contributed by atoms with Crippen molar-refractivity contribution < 1.29 is 36.7 Å². The highest BCUT2D eigenvalue weighted by atomic mass is 19.4. The maximum atomic E-state index is 13.1. The van der Waals surface area contributed by atoms with Gasteiger partial charge < -0.3 is 10.1 Å². The van der Waals surface area contributed by atoms with Gasteiger partial charge in [0.15, 0.2) is 6.61 Å². The van der Waals surface area contributed by atoms with Crippen molar-refractivity contribution in [1.82, 2.24) is 10.6 Å². The summed E-state index contributed by atoms with van der Waals surface area (Å²) in [6, 6.07) is 4.06. The predicted octanol–water partition coefficient (Wildman–Crippen LogP) is 2.57. The van der Waals surface area contributed by atoms with Crippen molar-refractivity contribution in [2.75, 3.05) is 13.2 Å². The molecule has 1 aromatic rings. The molecule has 1 aliphatic carbocycles. The lowest BCUT2D eigenvalue weighted by atomic mass is 9.79. The van der Waals surface area contributed by atoms with E-state index in [0.717, 1.165) is 12.8 Å². The first kappa shape index (κ1) is 20.7. The van der Waals surface area contributed by atoms with E-state index in [1.165, 1.54) is 29.6 Å². The van der Waals surface area contributed by atoms with Gasteiger partial charge >= 0.3 is 18.2 Å². The molecule has 0 saturated heterocycles. The third-order valence-corrected chi connectivity index (χ3v) is 4.28. The Morgan fingerprint density at radius 3 is 2.22 bits per heavy atom. The van der Waals surface area contributed by atoms with Crippen LogP contribution in [-0.2, 0) is 19.7 Å². The number of alkyl halides is 3. The van der Waals surface area contributed by atoms with Gasteiger partial charge in [-0.05, 0) is 30.5 Å². The number of urea groups is 1. The predicted molar refractivity (Wildman–Crippen MR) is 85.1 cm³/mol. The van der Waals surface area contributed by atoms with Crippen molar-refractivity contribution in [3.05, 3.63) is 35.6 Å². The number of benzene rings is 1. The van der Waals surface area contributed by atoms with Crippen LogP contribution in [0.2, 0.25) is 0 Å². The van der Waals surface area contributed by atoms with Crippen LogP contribution in [0.15, 0.2) is 24.3 Å². The fourth-order valence-corrected chi connectivity index (χ4v) is 3.01. The smallest absolute Gasteiger partial charge is 0.405 e. The summed E-state index contributed by atoms with van der Waals surface area (Å²) in [5.41, 5.74) is -0.443. The summed E-state index contributed by atoms with van der Waals surface area (Å²) in [5.74, 6) is -2.21. The Bertz CT molecular complexity index is 698. The van der Waals surface area contributed by atoms with Crippen LogP contribution >= 0.6 is 0 Å². The van der Waals surface area contributed by atoms with Crippen molar-refractivity contribution in [2.24, 2.45) is 0 Å². The van der Waals surface area contributed by atoms with Crippen molar-refractivity contribution in [3.63, 3.8) is 0 Å². The molecule has 2 rings (SSSR count). The largest absolute Gasteiger partial charge is 0.455 e. The molecule has 1 aromatic carbocycles. The molecule has 0 unspecified atom stereocenters. The van der Waals surface area contributed by atoms with Crippen molar-refractivity contribution in [1.29, 1.82) is 0 Å². The first-order chi connectivity index (χ1) is 12.6. The van der Waals surface area contributed by atoms with E-state index in [4.69, 9.17) is 4.74 Å². The zero-order chi connectivity index (χ0) is 20.1. The molecule has 0 bridgehead atoms. The molecule has 10 heteroatoms. The summed E-state index contributed by atoms with van der Waals surface area (Å²) >= 11 is 0.